The summed E-state index contributed by atoms with van der Waals surface area (Å²) in [4.78, 5) is 7.72. The van der Waals surface area contributed by atoms with Crippen LogP contribution in [0.25, 0.3) is 22.6 Å². The molecule has 2 N–H and O–H groups in total. The number of H-pyrrole nitrogens is 2. The minimum absolute atomic E-state index is 0.815. The zero-order valence-corrected chi connectivity index (χ0v) is 8.28. The van der Waals surface area contributed by atoms with Crippen molar-refractivity contribution in [2.24, 2.45) is 0 Å². The summed E-state index contributed by atoms with van der Waals surface area (Å²) in [5.74, 6) is 0.815. The molecule has 0 radical (unpaired) electrons. The fourth-order valence-electron chi connectivity index (χ4n) is 1.65. The van der Waals surface area contributed by atoms with Crippen LogP contribution in [-0.4, -0.2) is 20.2 Å². The molecule has 0 saturated heterocycles. The molecule has 0 amide bonds. The van der Waals surface area contributed by atoms with Crippen molar-refractivity contribution in [1.29, 1.82) is 0 Å². The van der Waals surface area contributed by atoms with Gasteiger partial charge in [-0.2, -0.15) is 5.10 Å². The first kappa shape index (κ1) is 8.23. The van der Waals surface area contributed by atoms with Crippen LogP contribution >= 0.6 is 0 Å². The van der Waals surface area contributed by atoms with E-state index in [0.717, 1.165) is 28.1 Å². The van der Waals surface area contributed by atoms with Crippen LogP contribution in [0.15, 0.2) is 30.5 Å². The van der Waals surface area contributed by atoms with Crippen molar-refractivity contribution in [3.8, 4) is 11.5 Å². The van der Waals surface area contributed by atoms with Crippen LogP contribution in [-0.2, 0) is 0 Å². The number of nitrogens with zero attached hydrogens (tertiary/aromatic N) is 2. The number of hydrogen-bond donors (Lipinski definition) is 2. The summed E-state index contributed by atoms with van der Waals surface area (Å²) < 4.78 is 0. The minimum Gasteiger partial charge on any atom is -0.337 e. The number of rotatable bonds is 1. The van der Waals surface area contributed by atoms with Crippen LogP contribution in [0.4, 0.5) is 0 Å². The molecule has 3 rings (SSSR count). The second-order valence-electron chi connectivity index (χ2n) is 3.52. The van der Waals surface area contributed by atoms with Gasteiger partial charge in [-0.1, -0.05) is 12.1 Å². The van der Waals surface area contributed by atoms with Crippen LogP contribution in [0.3, 0.4) is 0 Å². The molecule has 0 saturated carbocycles. The van der Waals surface area contributed by atoms with Gasteiger partial charge in [0.15, 0.2) is 5.82 Å². The molecule has 0 aliphatic rings. The lowest BCUT2D eigenvalue weighted by molar-refractivity contribution is 1.08. The molecule has 0 aliphatic carbocycles. The Hall–Kier alpha value is -2.10. The summed E-state index contributed by atoms with van der Waals surface area (Å²) >= 11 is 0. The summed E-state index contributed by atoms with van der Waals surface area (Å²) in [6, 6.07) is 7.96. The Bertz CT molecular complexity index is 573. The third-order valence-electron chi connectivity index (χ3n) is 2.44. The number of imidazole rings is 1. The lowest BCUT2D eigenvalue weighted by Crippen LogP contribution is -1.82. The van der Waals surface area contributed by atoms with Crippen molar-refractivity contribution < 1.29 is 0 Å². The predicted molar refractivity (Wildman–Crippen MR) is 58.4 cm³/mol. The fourth-order valence-corrected chi connectivity index (χ4v) is 1.65. The maximum absolute atomic E-state index is 4.48. The van der Waals surface area contributed by atoms with Gasteiger partial charge in [0.05, 0.1) is 11.0 Å². The van der Waals surface area contributed by atoms with Crippen molar-refractivity contribution in [1.82, 2.24) is 20.2 Å². The van der Waals surface area contributed by atoms with Crippen LogP contribution in [0.2, 0.25) is 0 Å². The molecule has 2 aromatic heterocycles. The molecule has 0 bridgehead atoms. The predicted octanol–water partition coefficient (Wildman–Crippen LogP) is 2.26. The summed E-state index contributed by atoms with van der Waals surface area (Å²) in [5, 5.41) is 6.99. The van der Waals surface area contributed by atoms with E-state index in [2.05, 4.69) is 20.2 Å². The van der Waals surface area contributed by atoms with Gasteiger partial charge in [-0.05, 0) is 24.6 Å². The van der Waals surface area contributed by atoms with E-state index in [1.54, 1.807) is 0 Å². The van der Waals surface area contributed by atoms with E-state index in [1.165, 1.54) is 0 Å². The number of aromatic nitrogens is 4. The van der Waals surface area contributed by atoms with Crippen LogP contribution < -0.4 is 0 Å². The number of hydrogen-bond acceptors (Lipinski definition) is 2. The number of nitrogens with one attached hydrogen (secondary N) is 2. The molecule has 74 valence electrons. The first-order chi connectivity index (χ1) is 7.34. The summed E-state index contributed by atoms with van der Waals surface area (Å²) in [5.41, 5.74) is 3.98. The number of fused-ring (bicyclic) bond motifs is 1. The third-order valence-corrected chi connectivity index (χ3v) is 2.44. The largest absolute Gasteiger partial charge is 0.337 e. The number of benzene rings is 1. The first-order valence-corrected chi connectivity index (χ1v) is 4.80. The highest BCUT2D eigenvalue weighted by Crippen LogP contribution is 2.20. The number of para-hydroxylation sites is 2. The molecule has 3 aromatic rings. The Morgan fingerprint density at radius 3 is 2.80 bits per heavy atom. The molecule has 0 fully saturated rings. The molecule has 0 spiro atoms. The van der Waals surface area contributed by atoms with E-state index < -0.39 is 0 Å². The van der Waals surface area contributed by atoms with Gasteiger partial charge in [0.2, 0.25) is 0 Å². The summed E-state index contributed by atoms with van der Waals surface area (Å²) in [6.45, 7) is 2.01. The van der Waals surface area contributed by atoms with E-state index in [0.29, 0.717) is 0 Å². The van der Waals surface area contributed by atoms with Crippen LogP contribution in [0.1, 0.15) is 5.56 Å². The molecular formula is C11H10N4. The smallest absolute Gasteiger partial charge is 0.159 e. The quantitative estimate of drug-likeness (QED) is 0.630. The van der Waals surface area contributed by atoms with Crippen molar-refractivity contribution >= 4 is 11.0 Å². The van der Waals surface area contributed by atoms with Crippen molar-refractivity contribution in [2.75, 3.05) is 0 Å². The number of aromatic amines is 2. The van der Waals surface area contributed by atoms with Gasteiger partial charge in [-0.25, -0.2) is 4.98 Å². The van der Waals surface area contributed by atoms with E-state index in [-0.39, 0.29) is 0 Å². The molecule has 15 heavy (non-hydrogen) atoms. The average molecular weight is 198 g/mol. The van der Waals surface area contributed by atoms with E-state index in [1.807, 2.05) is 37.4 Å². The second kappa shape index (κ2) is 2.95. The van der Waals surface area contributed by atoms with Gasteiger partial charge in [0.1, 0.15) is 5.69 Å². The molecule has 4 heteroatoms. The summed E-state index contributed by atoms with van der Waals surface area (Å²) in [6.07, 6.45) is 1.86. The van der Waals surface area contributed by atoms with Crippen LogP contribution in [0, 0.1) is 6.92 Å². The highest BCUT2D eigenvalue weighted by Gasteiger charge is 2.09. The normalized spacial score (nSPS) is 11.0. The third kappa shape index (κ3) is 1.22. The van der Waals surface area contributed by atoms with E-state index in [4.69, 9.17) is 0 Å². The Labute approximate surface area is 86.4 Å². The zero-order valence-electron chi connectivity index (χ0n) is 8.28. The van der Waals surface area contributed by atoms with Gasteiger partial charge in [0.25, 0.3) is 0 Å². The lowest BCUT2D eigenvalue weighted by atomic mass is 10.3. The highest BCUT2D eigenvalue weighted by atomic mass is 15.1. The van der Waals surface area contributed by atoms with Gasteiger partial charge in [-0.15, -0.1) is 0 Å². The first-order valence-electron chi connectivity index (χ1n) is 4.80. The maximum atomic E-state index is 4.48. The lowest BCUT2D eigenvalue weighted by Gasteiger charge is -1.89. The van der Waals surface area contributed by atoms with Gasteiger partial charge in [-0.3, -0.25) is 5.10 Å². The minimum atomic E-state index is 0.815. The molecule has 0 atom stereocenters. The summed E-state index contributed by atoms with van der Waals surface area (Å²) in [7, 11) is 0. The van der Waals surface area contributed by atoms with Crippen molar-refractivity contribution in [3.05, 3.63) is 36.0 Å². The molecule has 1 aromatic carbocycles. The molecule has 2 heterocycles. The van der Waals surface area contributed by atoms with Gasteiger partial charge in [0, 0.05) is 6.20 Å². The Balaban J connectivity index is 2.24. The Morgan fingerprint density at radius 1 is 1.20 bits per heavy atom. The number of aryl methyl sites for hydroxylation is 1. The Morgan fingerprint density at radius 2 is 2.07 bits per heavy atom. The maximum Gasteiger partial charge on any atom is 0.159 e. The van der Waals surface area contributed by atoms with Crippen molar-refractivity contribution in [3.63, 3.8) is 0 Å². The molecule has 0 unspecified atom stereocenters. The van der Waals surface area contributed by atoms with Gasteiger partial charge < -0.3 is 4.98 Å². The van der Waals surface area contributed by atoms with Crippen molar-refractivity contribution in [2.45, 2.75) is 6.92 Å². The van der Waals surface area contributed by atoms with Crippen LogP contribution in [0.5, 0.6) is 0 Å². The zero-order chi connectivity index (χ0) is 10.3. The fraction of sp³-hybridized carbons (Fsp3) is 0.0909. The van der Waals surface area contributed by atoms with E-state index in [9.17, 15) is 0 Å². The topological polar surface area (TPSA) is 57.4 Å². The monoisotopic (exact) mass is 198 g/mol. The average Bonchev–Trinajstić information content (AvgIpc) is 2.82. The second-order valence-corrected chi connectivity index (χ2v) is 3.52. The Kier molecular flexibility index (Phi) is 1.62. The highest BCUT2D eigenvalue weighted by molar-refractivity contribution is 5.78. The molecular weight excluding hydrogens is 188 g/mol. The molecule has 0 aliphatic heterocycles. The molecule has 4 nitrogen and oxygen atoms in total. The van der Waals surface area contributed by atoms with Gasteiger partial charge >= 0.3 is 0 Å². The SMILES string of the molecule is Cc1c[nH]nc1-c1nc2ccccc2[nH]1. The standard InChI is InChI=1S/C11H10N4/c1-7-6-12-15-10(7)11-13-8-4-2-3-5-9(8)14-11/h2-6H,1H3,(H,12,15)(H,13,14). The van der Waals surface area contributed by atoms with E-state index >= 15 is 0 Å².